The van der Waals surface area contributed by atoms with Crippen LogP contribution in [0, 0.1) is 6.92 Å². The van der Waals surface area contributed by atoms with Gasteiger partial charge in [0, 0.05) is 5.56 Å². The van der Waals surface area contributed by atoms with Crippen LogP contribution in [0.2, 0.25) is 0 Å². The van der Waals surface area contributed by atoms with Crippen molar-refractivity contribution in [1.29, 1.82) is 0 Å². The number of carbonyl (C=O) groups is 2. The lowest BCUT2D eigenvalue weighted by atomic mass is 10.2. The highest BCUT2D eigenvalue weighted by Crippen LogP contribution is 2.18. The summed E-state index contributed by atoms with van der Waals surface area (Å²) in [5.41, 5.74) is 4.95. The van der Waals surface area contributed by atoms with Gasteiger partial charge in [-0.3, -0.25) is 14.9 Å². The van der Waals surface area contributed by atoms with Gasteiger partial charge in [0.2, 0.25) is 11.0 Å². The number of nitrogens with one attached hydrogen (secondary N) is 2. The van der Waals surface area contributed by atoms with E-state index in [1.165, 1.54) is 0 Å². The number of aryl methyl sites for hydroxylation is 1. The Hall–Kier alpha value is -3.59. The first kappa shape index (κ1) is 20.2. The van der Waals surface area contributed by atoms with Crippen molar-refractivity contribution < 1.29 is 14.3 Å². The lowest BCUT2D eigenvalue weighted by Crippen LogP contribution is -2.19. The molecular weight excluding hydrogens is 390 g/mol. The Morgan fingerprint density at radius 3 is 2.52 bits per heavy atom. The number of amides is 2. The molecule has 1 aromatic heterocycles. The summed E-state index contributed by atoms with van der Waals surface area (Å²) in [4.78, 5) is 24.2. The van der Waals surface area contributed by atoms with Crippen molar-refractivity contribution in [3.8, 4) is 5.75 Å². The van der Waals surface area contributed by atoms with Crippen molar-refractivity contribution in [3.05, 3.63) is 70.2 Å². The van der Waals surface area contributed by atoms with Crippen molar-refractivity contribution in [1.82, 2.24) is 15.6 Å². The number of hydrogen-bond acceptors (Lipinski definition) is 7. The monoisotopic (exact) mass is 409 g/mol. The van der Waals surface area contributed by atoms with Gasteiger partial charge in [-0.15, -0.1) is 10.2 Å². The SMILES string of the molecule is COc1ccc(C(=O)Nc2nnc(CC(=O)N/N=C/c3ccc(C)cc3)s2)cc1. The maximum Gasteiger partial charge on any atom is 0.257 e. The molecule has 3 aromatic rings. The molecule has 3 rings (SSSR count). The van der Waals surface area contributed by atoms with E-state index in [0.717, 1.165) is 22.5 Å². The predicted molar refractivity (Wildman–Crippen MR) is 111 cm³/mol. The molecule has 2 N–H and O–H groups in total. The third-order valence-electron chi connectivity index (χ3n) is 3.83. The van der Waals surface area contributed by atoms with Gasteiger partial charge in [-0.25, -0.2) is 5.43 Å². The Labute approximate surface area is 171 Å². The number of ether oxygens (including phenoxy) is 1. The topological polar surface area (TPSA) is 106 Å². The average molecular weight is 409 g/mol. The first-order valence-corrected chi connectivity index (χ1v) is 9.51. The number of hydrogen-bond donors (Lipinski definition) is 2. The van der Waals surface area contributed by atoms with Crippen LogP contribution < -0.4 is 15.5 Å². The molecule has 0 saturated carbocycles. The lowest BCUT2D eigenvalue weighted by molar-refractivity contribution is -0.120. The zero-order valence-corrected chi connectivity index (χ0v) is 16.7. The number of rotatable bonds is 7. The molecule has 0 aliphatic heterocycles. The number of benzene rings is 2. The van der Waals surface area contributed by atoms with Gasteiger partial charge in [0.15, 0.2) is 0 Å². The Kier molecular flexibility index (Phi) is 6.64. The summed E-state index contributed by atoms with van der Waals surface area (Å²) in [5, 5.41) is 15.2. The maximum atomic E-state index is 12.2. The zero-order chi connectivity index (χ0) is 20.6. The molecule has 0 spiro atoms. The molecule has 0 aliphatic carbocycles. The number of hydrazone groups is 1. The fourth-order valence-electron chi connectivity index (χ4n) is 2.30. The van der Waals surface area contributed by atoms with E-state index in [2.05, 4.69) is 26.0 Å². The summed E-state index contributed by atoms with van der Waals surface area (Å²) in [6.45, 7) is 2.00. The van der Waals surface area contributed by atoms with Crippen LogP contribution in [0.25, 0.3) is 0 Å². The van der Waals surface area contributed by atoms with Crippen LogP contribution in [0.5, 0.6) is 5.75 Å². The zero-order valence-electron chi connectivity index (χ0n) is 15.9. The number of methoxy groups -OCH3 is 1. The smallest absolute Gasteiger partial charge is 0.257 e. The second kappa shape index (κ2) is 9.56. The van der Waals surface area contributed by atoms with E-state index in [1.54, 1.807) is 37.6 Å². The molecule has 1 heterocycles. The van der Waals surface area contributed by atoms with Crippen LogP contribution in [0.1, 0.15) is 26.5 Å². The first-order valence-electron chi connectivity index (χ1n) is 8.70. The van der Waals surface area contributed by atoms with E-state index >= 15 is 0 Å². The summed E-state index contributed by atoms with van der Waals surface area (Å²) < 4.78 is 5.07. The second-order valence-electron chi connectivity index (χ2n) is 6.06. The van der Waals surface area contributed by atoms with Crippen molar-refractivity contribution in [2.24, 2.45) is 5.10 Å². The summed E-state index contributed by atoms with van der Waals surface area (Å²) in [6, 6.07) is 14.4. The molecule has 0 aliphatic rings. The Bertz CT molecular complexity index is 1010. The lowest BCUT2D eigenvalue weighted by Gasteiger charge is -2.02. The summed E-state index contributed by atoms with van der Waals surface area (Å²) in [5.74, 6) is 0.0239. The minimum Gasteiger partial charge on any atom is -0.497 e. The van der Waals surface area contributed by atoms with Crippen LogP contribution in [0.15, 0.2) is 53.6 Å². The molecule has 2 amide bonds. The standard InChI is InChI=1S/C20H19N5O3S/c1-13-3-5-14(6-4-13)12-21-23-17(26)11-18-24-25-20(29-18)22-19(27)15-7-9-16(28-2)10-8-15/h3-10,12H,11H2,1-2H3,(H,23,26)(H,22,25,27)/b21-12+. The van der Waals surface area contributed by atoms with Gasteiger partial charge in [-0.2, -0.15) is 5.10 Å². The molecule has 0 radical (unpaired) electrons. The predicted octanol–water partition coefficient (Wildman–Crippen LogP) is 2.80. The fraction of sp³-hybridized carbons (Fsp3) is 0.150. The number of carbonyl (C=O) groups excluding carboxylic acids is 2. The molecule has 0 atom stereocenters. The molecule has 0 bridgehead atoms. The van der Waals surface area contributed by atoms with E-state index in [4.69, 9.17) is 4.74 Å². The highest BCUT2D eigenvalue weighted by Gasteiger charge is 2.12. The van der Waals surface area contributed by atoms with Gasteiger partial charge in [0.05, 0.1) is 19.7 Å². The first-order chi connectivity index (χ1) is 14.0. The highest BCUT2D eigenvalue weighted by atomic mass is 32.1. The van der Waals surface area contributed by atoms with Gasteiger partial charge in [-0.1, -0.05) is 41.2 Å². The second-order valence-corrected chi connectivity index (χ2v) is 7.13. The van der Waals surface area contributed by atoms with Crippen molar-refractivity contribution in [2.45, 2.75) is 13.3 Å². The maximum absolute atomic E-state index is 12.2. The van der Waals surface area contributed by atoms with Gasteiger partial charge in [-0.05, 0) is 36.8 Å². The fourth-order valence-corrected chi connectivity index (χ4v) is 3.03. The Morgan fingerprint density at radius 2 is 1.83 bits per heavy atom. The molecule has 2 aromatic carbocycles. The summed E-state index contributed by atoms with van der Waals surface area (Å²) >= 11 is 1.13. The van der Waals surface area contributed by atoms with E-state index in [1.807, 2.05) is 31.2 Å². The third kappa shape index (κ3) is 5.94. The minimum atomic E-state index is -0.322. The Morgan fingerprint density at radius 1 is 1.10 bits per heavy atom. The number of anilines is 1. The molecule has 0 fully saturated rings. The Balaban J connectivity index is 1.50. The van der Waals surface area contributed by atoms with Crippen molar-refractivity contribution in [3.63, 3.8) is 0 Å². The third-order valence-corrected chi connectivity index (χ3v) is 4.67. The van der Waals surface area contributed by atoms with E-state index in [-0.39, 0.29) is 18.2 Å². The van der Waals surface area contributed by atoms with Gasteiger partial charge in [0.25, 0.3) is 5.91 Å². The molecule has 0 saturated heterocycles. The molecule has 8 nitrogen and oxygen atoms in total. The molecule has 29 heavy (non-hydrogen) atoms. The van der Waals surface area contributed by atoms with E-state index in [0.29, 0.717) is 21.5 Å². The molecule has 148 valence electrons. The van der Waals surface area contributed by atoms with Gasteiger partial charge in [0.1, 0.15) is 10.8 Å². The highest BCUT2D eigenvalue weighted by molar-refractivity contribution is 7.15. The minimum absolute atomic E-state index is 0.0152. The number of nitrogens with zero attached hydrogens (tertiary/aromatic N) is 3. The van der Waals surface area contributed by atoms with Crippen molar-refractivity contribution in [2.75, 3.05) is 12.4 Å². The van der Waals surface area contributed by atoms with Crippen LogP contribution in [-0.2, 0) is 11.2 Å². The van der Waals surface area contributed by atoms with Crippen LogP contribution in [0.4, 0.5) is 5.13 Å². The molecular formula is C20H19N5O3S. The van der Waals surface area contributed by atoms with E-state index in [9.17, 15) is 9.59 Å². The average Bonchev–Trinajstić information content (AvgIpc) is 3.16. The van der Waals surface area contributed by atoms with Crippen LogP contribution >= 0.6 is 11.3 Å². The van der Waals surface area contributed by atoms with Crippen molar-refractivity contribution >= 4 is 34.5 Å². The molecule has 0 unspecified atom stereocenters. The number of aromatic nitrogens is 2. The quantitative estimate of drug-likeness (QED) is 0.461. The van der Waals surface area contributed by atoms with Gasteiger partial charge < -0.3 is 4.74 Å². The largest absolute Gasteiger partial charge is 0.497 e. The molecule has 9 heteroatoms. The van der Waals surface area contributed by atoms with Gasteiger partial charge >= 0.3 is 0 Å². The van der Waals surface area contributed by atoms with Crippen LogP contribution in [-0.4, -0.2) is 35.3 Å². The summed E-state index contributed by atoms with van der Waals surface area (Å²) in [6.07, 6.45) is 1.58. The normalized spacial score (nSPS) is 10.7. The van der Waals surface area contributed by atoms with E-state index < -0.39 is 0 Å². The van der Waals surface area contributed by atoms with Crippen LogP contribution in [0.3, 0.4) is 0 Å². The summed E-state index contributed by atoms with van der Waals surface area (Å²) in [7, 11) is 1.56.